The third-order valence-electron chi connectivity index (χ3n) is 5.40. The van der Waals surface area contributed by atoms with Crippen LogP contribution in [0.5, 0.6) is 11.5 Å². The van der Waals surface area contributed by atoms with Gasteiger partial charge in [0.2, 0.25) is 0 Å². The molecule has 0 aliphatic carbocycles. The molecule has 6 nitrogen and oxygen atoms in total. The molecule has 1 aromatic heterocycles. The van der Waals surface area contributed by atoms with Gasteiger partial charge in [-0.2, -0.15) is 0 Å². The minimum atomic E-state index is -0.121. The molecule has 34 heavy (non-hydrogen) atoms. The molecule has 1 heterocycles. The number of fused-ring (bicyclic) bond motifs is 1. The maximum atomic E-state index is 13.3. The Morgan fingerprint density at radius 1 is 1.00 bits per heavy atom. The lowest BCUT2D eigenvalue weighted by Crippen LogP contribution is -2.24. The van der Waals surface area contributed by atoms with Crippen molar-refractivity contribution in [2.75, 3.05) is 20.0 Å². The number of hydrogen-bond donors (Lipinski definition) is 0. The minimum Gasteiger partial charge on any atom is -0.493 e. The van der Waals surface area contributed by atoms with E-state index in [0.29, 0.717) is 46.1 Å². The van der Waals surface area contributed by atoms with Gasteiger partial charge in [0.1, 0.15) is 0 Å². The van der Waals surface area contributed by atoms with E-state index in [9.17, 15) is 9.59 Å². The Morgan fingerprint density at radius 2 is 1.74 bits per heavy atom. The molecular weight excluding hydrogens is 516 g/mol. The molecule has 3 aromatic carbocycles. The fourth-order valence-electron chi connectivity index (χ4n) is 3.58. The van der Waals surface area contributed by atoms with E-state index in [1.165, 1.54) is 11.8 Å². The largest absolute Gasteiger partial charge is 0.493 e. The number of ether oxygens (including phenoxy) is 2. The Balaban J connectivity index is 1.61. The standard InChI is InChI=1S/C26H23BrN2O4S/c1-32-23-12-7-17(15-24(23)33-2)13-14-29-25(31)20-5-3-4-6-21(20)28-26(29)34-16-22(30)18-8-10-19(27)11-9-18/h3-12,15H,13-14,16H2,1-2H3. The lowest BCUT2D eigenvalue weighted by molar-refractivity contribution is 0.102. The van der Waals surface area contributed by atoms with Crippen molar-refractivity contribution in [2.45, 2.75) is 18.1 Å². The summed E-state index contributed by atoms with van der Waals surface area (Å²) in [5, 5.41) is 1.08. The Labute approximate surface area is 210 Å². The molecule has 0 atom stereocenters. The molecule has 0 aliphatic rings. The van der Waals surface area contributed by atoms with Crippen molar-refractivity contribution < 1.29 is 14.3 Å². The Bertz CT molecular complexity index is 1390. The van der Waals surface area contributed by atoms with Gasteiger partial charge in [-0.15, -0.1) is 0 Å². The molecule has 174 valence electrons. The second-order valence-electron chi connectivity index (χ2n) is 7.53. The Morgan fingerprint density at radius 3 is 2.47 bits per heavy atom. The van der Waals surface area contributed by atoms with E-state index >= 15 is 0 Å². The first kappa shape index (κ1) is 24.0. The maximum Gasteiger partial charge on any atom is 0.262 e. The van der Waals surface area contributed by atoms with E-state index < -0.39 is 0 Å². The van der Waals surface area contributed by atoms with Crippen molar-refractivity contribution in [3.05, 3.63) is 92.7 Å². The number of benzene rings is 3. The summed E-state index contributed by atoms with van der Waals surface area (Å²) in [7, 11) is 3.19. The number of carbonyl (C=O) groups is 1. The monoisotopic (exact) mass is 538 g/mol. The number of para-hydroxylation sites is 1. The average molecular weight is 539 g/mol. The van der Waals surface area contributed by atoms with Crippen LogP contribution in [0.2, 0.25) is 0 Å². The smallest absolute Gasteiger partial charge is 0.262 e. The molecule has 0 aliphatic heterocycles. The summed E-state index contributed by atoms with van der Waals surface area (Å²) in [4.78, 5) is 30.8. The van der Waals surface area contributed by atoms with Crippen LogP contribution in [-0.2, 0) is 13.0 Å². The average Bonchev–Trinajstić information content (AvgIpc) is 2.87. The minimum absolute atomic E-state index is 0.0219. The number of ketones is 1. The molecule has 0 N–H and O–H groups in total. The van der Waals surface area contributed by atoms with Crippen LogP contribution in [0, 0.1) is 0 Å². The fraction of sp³-hybridized carbons (Fsp3) is 0.192. The number of aromatic nitrogens is 2. The van der Waals surface area contributed by atoms with Crippen LogP contribution in [0.3, 0.4) is 0 Å². The Hall–Kier alpha value is -3.10. The van der Waals surface area contributed by atoms with Crippen LogP contribution in [0.25, 0.3) is 10.9 Å². The summed E-state index contributed by atoms with van der Waals surface area (Å²) >= 11 is 4.66. The van der Waals surface area contributed by atoms with E-state index in [1.54, 1.807) is 37.0 Å². The summed E-state index contributed by atoms with van der Waals surface area (Å²) < 4.78 is 13.3. The zero-order valence-electron chi connectivity index (χ0n) is 18.8. The molecule has 0 saturated carbocycles. The first-order chi connectivity index (χ1) is 16.5. The van der Waals surface area contributed by atoms with Gasteiger partial charge in [-0.25, -0.2) is 4.98 Å². The van der Waals surface area contributed by atoms with Crippen molar-refractivity contribution in [3.63, 3.8) is 0 Å². The number of thioether (sulfide) groups is 1. The van der Waals surface area contributed by atoms with Gasteiger partial charge >= 0.3 is 0 Å². The number of carbonyl (C=O) groups excluding carboxylic acids is 1. The number of hydrogen-bond acceptors (Lipinski definition) is 6. The lowest BCUT2D eigenvalue weighted by Gasteiger charge is -2.14. The molecule has 0 saturated heterocycles. The molecule has 0 bridgehead atoms. The lowest BCUT2D eigenvalue weighted by atomic mass is 10.1. The highest BCUT2D eigenvalue weighted by Crippen LogP contribution is 2.28. The first-order valence-electron chi connectivity index (χ1n) is 10.6. The summed E-state index contributed by atoms with van der Waals surface area (Å²) in [6, 6.07) is 20.2. The topological polar surface area (TPSA) is 70.4 Å². The van der Waals surface area contributed by atoms with Crippen molar-refractivity contribution >= 4 is 44.4 Å². The van der Waals surface area contributed by atoms with Gasteiger partial charge in [0.05, 0.1) is 30.9 Å². The maximum absolute atomic E-state index is 13.3. The molecule has 8 heteroatoms. The third kappa shape index (κ3) is 5.34. The molecule has 0 radical (unpaired) electrons. The predicted octanol–water partition coefficient (Wildman–Crippen LogP) is 5.39. The van der Waals surface area contributed by atoms with Gasteiger partial charge < -0.3 is 9.47 Å². The highest BCUT2D eigenvalue weighted by atomic mass is 79.9. The number of rotatable bonds is 9. The molecule has 0 amide bonds. The summed E-state index contributed by atoms with van der Waals surface area (Å²) in [5.74, 6) is 1.45. The van der Waals surface area contributed by atoms with Crippen LogP contribution in [0.4, 0.5) is 0 Å². The molecule has 0 fully saturated rings. The van der Waals surface area contributed by atoms with Gasteiger partial charge in [0.25, 0.3) is 5.56 Å². The van der Waals surface area contributed by atoms with E-state index in [2.05, 4.69) is 15.9 Å². The molecular formula is C26H23BrN2O4S. The second-order valence-corrected chi connectivity index (χ2v) is 9.38. The zero-order chi connectivity index (χ0) is 24.1. The molecule has 4 aromatic rings. The van der Waals surface area contributed by atoms with Crippen molar-refractivity contribution in [3.8, 4) is 11.5 Å². The van der Waals surface area contributed by atoms with Crippen molar-refractivity contribution in [2.24, 2.45) is 0 Å². The number of aryl methyl sites for hydroxylation is 1. The predicted molar refractivity (Wildman–Crippen MR) is 138 cm³/mol. The van der Waals surface area contributed by atoms with E-state index in [1.807, 2.05) is 48.5 Å². The van der Waals surface area contributed by atoms with Crippen LogP contribution >= 0.6 is 27.7 Å². The summed E-state index contributed by atoms with van der Waals surface area (Å²) in [6.07, 6.45) is 0.592. The third-order valence-corrected chi connectivity index (χ3v) is 6.90. The summed E-state index contributed by atoms with van der Waals surface area (Å²) in [5.41, 5.74) is 2.12. The van der Waals surface area contributed by atoms with Gasteiger partial charge in [0, 0.05) is 16.6 Å². The number of nitrogens with zero attached hydrogens (tertiary/aromatic N) is 2. The van der Waals surface area contributed by atoms with Crippen LogP contribution in [-0.4, -0.2) is 35.3 Å². The fourth-order valence-corrected chi connectivity index (χ4v) is 4.77. The number of halogens is 1. The normalized spacial score (nSPS) is 10.9. The van der Waals surface area contributed by atoms with Crippen molar-refractivity contribution in [1.82, 2.24) is 9.55 Å². The van der Waals surface area contributed by atoms with Crippen LogP contribution < -0.4 is 15.0 Å². The highest BCUT2D eigenvalue weighted by molar-refractivity contribution is 9.10. The SMILES string of the molecule is COc1ccc(CCn2c(SCC(=O)c3ccc(Br)cc3)nc3ccccc3c2=O)cc1OC. The number of methoxy groups -OCH3 is 2. The van der Waals surface area contributed by atoms with Crippen molar-refractivity contribution in [1.29, 1.82) is 0 Å². The van der Waals surface area contributed by atoms with E-state index in [-0.39, 0.29) is 17.1 Å². The number of Topliss-reactive ketones (excluding diaryl/α,β-unsaturated/α-hetero) is 1. The Kier molecular flexibility index (Phi) is 7.70. The summed E-state index contributed by atoms with van der Waals surface area (Å²) in [6.45, 7) is 0.418. The van der Waals surface area contributed by atoms with Crippen LogP contribution in [0.15, 0.2) is 81.2 Å². The molecule has 0 unspecified atom stereocenters. The van der Waals surface area contributed by atoms with Gasteiger partial charge in [-0.3, -0.25) is 14.2 Å². The quantitative estimate of drug-likeness (QED) is 0.161. The van der Waals surface area contributed by atoms with Gasteiger partial charge in [0.15, 0.2) is 22.4 Å². The van der Waals surface area contributed by atoms with Gasteiger partial charge in [-0.1, -0.05) is 58.0 Å². The molecule has 0 spiro atoms. The van der Waals surface area contributed by atoms with E-state index in [0.717, 1.165) is 10.0 Å². The van der Waals surface area contributed by atoms with Crippen LogP contribution in [0.1, 0.15) is 15.9 Å². The zero-order valence-corrected chi connectivity index (χ0v) is 21.2. The van der Waals surface area contributed by atoms with E-state index in [4.69, 9.17) is 14.5 Å². The highest BCUT2D eigenvalue weighted by Gasteiger charge is 2.15. The first-order valence-corrected chi connectivity index (χ1v) is 12.4. The molecule has 4 rings (SSSR count). The second kappa shape index (κ2) is 10.9. The van der Waals surface area contributed by atoms with Gasteiger partial charge in [-0.05, 0) is 48.4 Å².